The number of aromatic nitrogens is 1. The SMILES string of the molecule is C=C(C)CON1CCc2c(n(C(=O)OC(C)(C)C)c3ccccc23)C1CCCCO. The molecule has 2 heterocycles. The Kier molecular flexibility index (Phi) is 7.01. The Bertz CT molecular complexity index is 910. The van der Waals surface area contributed by atoms with E-state index in [1.54, 1.807) is 4.57 Å². The molecule has 1 atom stereocenters. The molecule has 30 heavy (non-hydrogen) atoms. The third-order valence-corrected chi connectivity index (χ3v) is 5.20. The number of hydroxylamine groups is 2. The first kappa shape index (κ1) is 22.5. The molecule has 1 aliphatic heterocycles. The van der Waals surface area contributed by atoms with Gasteiger partial charge in [-0.05, 0) is 65.0 Å². The molecule has 0 spiro atoms. The zero-order chi connectivity index (χ0) is 21.9. The van der Waals surface area contributed by atoms with Gasteiger partial charge in [0, 0.05) is 18.5 Å². The van der Waals surface area contributed by atoms with Crippen molar-refractivity contribution >= 4 is 17.0 Å². The summed E-state index contributed by atoms with van der Waals surface area (Å²) in [4.78, 5) is 19.4. The summed E-state index contributed by atoms with van der Waals surface area (Å²) in [6.07, 6.45) is 2.76. The van der Waals surface area contributed by atoms with Crippen LogP contribution in [0.4, 0.5) is 4.79 Å². The smallest absolute Gasteiger partial charge is 0.419 e. The minimum absolute atomic E-state index is 0.0976. The molecule has 0 saturated carbocycles. The van der Waals surface area contributed by atoms with Gasteiger partial charge in [-0.25, -0.2) is 9.36 Å². The second kappa shape index (κ2) is 9.33. The molecule has 0 radical (unpaired) electrons. The van der Waals surface area contributed by atoms with Gasteiger partial charge in [-0.15, -0.1) is 0 Å². The number of aliphatic hydroxyl groups is 1. The van der Waals surface area contributed by atoms with E-state index in [2.05, 4.69) is 12.6 Å². The molecule has 1 aromatic heterocycles. The van der Waals surface area contributed by atoms with E-state index in [0.29, 0.717) is 13.0 Å². The van der Waals surface area contributed by atoms with Crippen molar-refractivity contribution in [2.75, 3.05) is 19.8 Å². The third kappa shape index (κ3) is 4.94. The minimum Gasteiger partial charge on any atom is -0.443 e. The number of nitrogens with zero attached hydrogens (tertiary/aromatic N) is 2. The predicted octanol–water partition coefficient (Wildman–Crippen LogP) is 4.99. The molecule has 0 bridgehead atoms. The highest BCUT2D eigenvalue weighted by Gasteiger charge is 2.36. The Morgan fingerprint density at radius 3 is 2.67 bits per heavy atom. The van der Waals surface area contributed by atoms with E-state index < -0.39 is 5.60 Å². The normalized spacial score (nSPS) is 17.2. The fourth-order valence-corrected chi connectivity index (χ4v) is 4.04. The topological polar surface area (TPSA) is 63.9 Å². The second-order valence-electron chi connectivity index (χ2n) is 9.05. The maximum Gasteiger partial charge on any atom is 0.419 e. The molecule has 2 aromatic rings. The monoisotopic (exact) mass is 414 g/mol. The second-order valence-corrected chi connectivity index (χ2v) is 9.05. The van der Waals surface area contributed by atoms with Crippen molar-refractivity contribution in [2.45, 2.75) is 65.0 Å². The summed E-state index contributed by atoms with van der Waals surface area (Å²) in [5.41, 5.74) is 3.34. The molecule has 6 heteroatoms. The Morgan fingerprint density at radius 1 is 1.27 bits per heavy atom. The van der Waals surface area contributed by atoms with E-state index in [0.717, 1.165) is 48.0 Å². The first-order valence-electron chi connectivity index (χ1n) is 10.7. The number of fused-ring (bicyclic) bond motifs is 3. The van der Waals surface area contributed by atoms with Gasteiger partial charge in [-0.2, -0.15) is 5.06 Å². The van der Waals surface area contributed by atoms with Crippen LogP contribution in [0.2, 0.25) is 0 Å². The number of benzene rings is 1. The molecule has 0 fully saturated rings. The molecule has 0 saturated heterocycles. The lowest BCUT2D eigenvalue weighted by atomic mass is 9.95. The predicted molar refractivity (Wildman–Crippen MR) is 118 cm³/mol. The van der Waals surface area contributed by atoms with Crippen LogP contribution < -0.4 is 0 Å². The number of para-hydroxylation sites is 1. The lowest BCUT2D eigenvalue weighted by molar-refractivity contribution is -0.187. The fraction of sp³-hybridized carbons (Fsp3) is 0.542. The number of carbonyl (C=O) groups excluding carboxylic acids is 1. The molecule has 0 amide bonds. The molecule has 6 nitrogen and oxygen atoms in total. The van der Waals surface area contributed by atoms with Crippen LogP contribution >= 0.6 is 0 Å². The first-order valence-corrected chi connectivity index (χ1v) is 10.7. The number of hydrogen-bond donors (Lipinski definition) is 1. The number of ether oxygens (including phenoxy) is 1. The first-order chi connectivity index (χ1) is 14.2. The largest absolute Gasteiger partial charge is 0.443 e. The van der Waals surface area contributed by atoms with Crippen molar-refractivity contribution in [3.63, 3.8) is 0 Å². The maximum atomic E-state index is 13.3. The Balaban J connectivity index is 2.10. The molecule has 1 unspecified atom stereocenters. The highest BCUT2D eigenvalue weighted by atomic mass is 16.7. The van der Waals surface area contributed by atoms with Gasteiger partial charge in [-0.3, -0.25) is 4.84 Å². The van der Waals surface area contributed by atoms with Crippen LogP contribution in [0.25, 0.3) is 10.9 Å². The van der Waals surface area contributed by atoms with Crippen molar-refractivity contribution < 1.29 is 19.5 Å². The maximum absolute atomic E-state index is 13.3. The van der Waals surface area contributed by atoms with Crippen LogP contribution in [0.15, 0.2) is 36.4 Å². The summed E-state index contributed by atoms with van der Waals surface area (Å²) in [6.45, 7) is 12.9. The van der Waals surface area contributed by atoms with Crippen molar-refractivity contribution in [1.29, 1.82) is 0 Å². The lowest BCUT2D eigenvalue weighted by Gasteiger charge is -2.36. The number of unbranched alkanes of at least 4 members (excludes halogenated alkanes) is 1. The summed E-state index contributed by atoms with van der Waals surface area (Å²) in [6, 6.07) is 7.91. The third-order valence-electron chi connectivity index (χ3n) is 5.20. The molecule has 1 aliphatic rings. The van der Waals surface area contributed by atoms with Crippen LogP contribution in [0.3, 0.4) is 0 Å². The standard InChI is InChI=1S/C24H34N2O4/c1-17(2)16-29-25-14-13-19-18-10-6-7-11-20(18)26(23(28)30-24(3,4)5)22(19)21(25)12-8-9-15-27/h6-7,10-11,21,27H,1,8-9,12-16H2,2-5H3. The van der Waals surface area contributed by atoms with Gasteiger partial charge in [0.2, 0.25) is 0 Å². The number of carbonyl (C=O) groups is 1. The number of hydrogen-bond acceptors (Lipinski definition) is 5. The Hall–Kier alpha value is -2.15. The van der Waals surface area contributed by atoms with E-state index in [1.807, 2.05) is 51.0 Å². The van der Waals surface area contributed by atoms with Crippen LogP contribution in [0.1, 0.15) is 64.3 Å². The van der Waals surface area contributed by atoms with Crippen LogP contribution in [-0.2, 0) is 16.0 Å². The van der Waals surface area contributed by atoms with Crippen molar-refractivity contribution in [3.05, 3.63) is 47.7 Å². The van der Waals surface area contributed by atoms with Gasteiger partial charge in [-0.1, -0.05) is 30.4 Å². The summed E-state index contributed by atoms with van der Waals surface area (Å²) < 4.78 is 7.51. The summed E-state index contributed by atoms with van der Waals surface area (Å²) >= 11 is 0. The zero-order valence-electron chi connectivity index (χ0n) is 18.6. The van der Waals surface area contributed by atoms with Gasteiger partial charge in [0.25, 0.3) is 0 Å². The van der Waals surface area contributed by atoms with Crippen LogP contribution in [0, 0.1) is 0 Å². The minimum atomic E-state index is -0.591. The van der Waals surface area contributed by atoms with Gasteiger partial charge >= 0.3 is 6.09 Å². The van der Waals surface area contributed by atoms with Crippen molar-refractivity contribution in [1.82, 2.24) is 9.63 Å². The zero-order valence-corrected chi connectivity index (χ0v) is 18.6. The van der Waals surface area contributed by atoms with Gasteiger partial charge in [0.05, 0.1) is 23.9 Å². The molecular formula is C24H34N2O4. The Morgan fingerprint density at radius 2 is 2.00 bits per heavy atom. The number of aliphatic hydroxyl groups excluding tert-OH is 1. The highest BCUT2D eigenvalue weighted by Crippen LogP contribution is 2.40. The van der Waals surface area contributed by atoms with Crippen molar-refractivity contribution in [3.8, 4) is 0 Å². The van der Waals surface area contributed by atoms with Crippen LogP contribution in [0.5, 0.6) is 0 Å². The molecule has 164 valence electrons. The Labute approximate surface area is 179 Å². The van der Waals surface area contributed by atoms with E-state index >= 15 is 0 Å². The summed E-state index contributed by atoms with van der Waals surface area (Å²) in [5, 5.41) is 12.4. The van der Waals surface area contributed by atoms with Gasteiger partial charge in [0.1, 0.15) is 5.60 Å². The molecule has 0 aliphatic carbocycles. The van der Waals surface area contributed by atoms with Crippen LogP contribution in [-0.4, -0.2) is 46.2 Å². The van der Waals surface area contributed by atoms with E-state index in [-0.39, 0.29) is 18.7 Å². The number of rotatable bonds is 7. The average molecular weight is 415 g/mol. The fourth-order valence-electron chi connectivity index (χ4n) is 4.04. The quantitative estimate of drug-likeness (QED) is 0.511. The van der Waals surface area contributed by atoms with Crippen molar-refractivity contribution in [2.24, 2.45) is 0 Å². The summed E-state index contributed by atoms with van der Waals surface area (Å²) in [5.74, 6) is 0. The molecular weight excluding hydrogens is 380 g/mol. The van der Waals surface area contributed by atoms with Gasteiger partial charge in [0.15, 0.2) is 0 Å². The highest BCUT2D eigenvalue weighted by molar-refractivity contribution is 5.94. The summed E-state index contributed by atoms with van der Waals surface area (Å²) in [7, 11) is 0. The van der Waals surface area contributed by atoms with E-state index in [4.69, 9.17) is 9.57 Å². The molecule has 3 rings (SSSR count). The lowest BCUT2D eigenvalue weighted by Crippen LogP contribution is -2.38. The van der Waals surface area contributed by atoms with E-state index in [9.17, 15) is 9.90 Å². The van der Waals surface area contributed by atoms with Gasteiger partial charge < -0.3 is 9.84 Å². The molecule has 1 aromatic carbocycles. The molecule has 1 N–H and O–H groups in total. The average Bonchev–Trinajstić information content (AvgIpc) is 3.00. The van der Waals surface area contributed by atoms with E-state index in [1.165, 1.54) is 5.56 Å².